The summed E-state index contributed by atoms with van der Waals surface area (Å²) in [5.74, 6) is -0.853. The van der Waals surface area contributed by atoms with Crippen LogP contribution in [0.3, 0.4) is 0 Å². The Labute approximate surface area is 117 Å². The molecule has 98 valence electrons. The molecule has 0 aliphatic rings. The fourth-order valence-corrected chi connectivity index (χ4v) is 1.91. The van der Waals surface area contributed by atoms with Crippen LogP contribution in [-0.2, 0) is 0 Å². The van der Waals surface area contributed by atoms with E-state index in [1.54, 1.807) is 6.07 Å². The average Bonchev–Trinajstić information content (AvgIpc) is 2.41. The smallest absolute Gasteiger partial charge is 0.324 e. The van der Waals surface area contributed by atoms with Crippen LogP contribution in [0, 0.1) is 11.0 Å². The second-order valence-corrected chi connectivity index (χ2v) is 4.81. The molecular weight excluding hydrogens is 315 g/mol. The summed E-state index contributed by atoms with van der Waals surface area (Å²) in [5.41, 5.74) is 0.493. The number of nitrogens with zero attached hydrogens (tertiary/aromatic N) is 2. The number of anilines is 1. The van der Waals surface area contributed by atoms with Crippen LogP contribution in [0.25, 0.3) is 0 Å². The van der Waals surface area contributed by atoms with E-state index >= 15 is 0 Å². The summed E-state index contributed by atoms with van der Waals surface area (Å²) in [4.78, 5) is 13.5. The molecule has 1 aromatic heterocycles. The van der Waals surface area contributed by atoms with Crippen molar-refractivity contribution in [3.8, 4) is 0 Å². The van der Waals surface area contributed by atoms with E-state index in [0.717, 1.165) is 0 Å². The van der Waals surface area contributed by atoms with Crippen LogP contribution in [0.1, 0.15) is 10.5 Å². The van der Waals surface area contributed by atoms with Gasteiger partial charge in [0.25, 0.3) is 5.69 Å². The first kappa shape index (κ1) is 13.5. The van der Waals surface area contributed by atoms with Crippen molar-refractivity contribution in [3.05, 3.63) is 63.8 Å². The molecule has 0 atom stereocenters. The topological polar surface area (TPSA) is 47.2 Å². The van der Waals surface area contributed by atoms with Crippen molar-refractivity contribution in [2.75, 3.05) is 11.9 Å². The molecule has 4 nitrogen and oxygen atoms in total. The quantitative estimate of drug-likeness (QED) is 0.629. The highest BCUT2D eigenvalue weighted by molar-refractivity contribution is 9.10. The number of hydrogen-bond donors (Lipinski definition) is 0. The minimum atomic E-state index is -0.470. The Morgan fingerprint density at radius 2 is 1.95 bits per heavy atom. The summed E-state index contributed by atoms with van der Waals surface area (Å²) in [7, 11) is 1.52. The second kappa shape index (κ2) is 5.36. The molecule has 0 N–H and O–H groups in total. The highest BCUT2D eigenvalue weighted by atomic mass is 79.9. The largest absolute Gasteiger partial charge is 0.618 e. The summed E-state index contributed by atoms with van der Waals surface area (Å²) in [6.07, 6.45) is 1.25. The van der Waals surface area contributed by atoms with Gasteiger partial charge in [-0.25, -0.2) is 4.39 Å². The van der Waals surface area contributed by atoms with Gasteiger partial charge in [0.15, 0.2) is 6.20 Å². The molecule has 0 saturated carbocycles. The number of aromatic nitrogens is 1. The summed E-state index contributed by atoms with van der Waals surface area (Å²) in [6, 6.07) is 8.44. The molecule has 0 bridgehead atoms. The van der Waals surface area contributed by atoms with Gasteiger partial charge in [-0.05, 0) is 24.3 Å². The Morgan fingerprint density at radius 3 is 2.58 bits per heavy atom. The summed E-state index contributed by atoms with van der Waals surface area (Å²) >= 11 is 3.21. The fourth-order valence-electron chi connectivity index (χ4n) is 1.57. The van der Waals surface area contributed by atoms with E-state index in [4.69, 9.17) is 0 Å². The van der Waals surface area contributed by atoms with Crippen molar-refractivity contribution in [3.63, 3.8) is 0 Å². The predicted octanol–water partition coefficient (Wildman–Crippen LogP) is 2.50. The lowest BCUT2D eigenvalue weighted by Crippen LogP contribution is -2.40. The highest BCUT2D eigenvalue weighted by Gasteiger charge is 2.21. The highest BCUT2D eigenvalue weighted by Crippen LogP contribution is 2.16. The molecule has 0 fully saturated rings. The van der Waals surface area contributed by atoms with Crippen LogP contribution in [0.5, 0.6) is 0 Å². The Kier molecular flexibility index (Phi) is 3.80. The number of rotatable bonds is 2. The first-order valence-electron chi connectivity index (χ1n) is 5.41. The van der Waals surface area contributed by atoms with Crippen molar-refractivity contribution in [1.29, 1.82) is 0 Å². The number of pyridine rings is 1. The van der Waals surface area contributed by atoms with Gasteiger partial charge in [-0.3, -0.25) is 4.79 Å². The standard InChI is InChI=1S/C13H10BrFN2O2/c1-16(11-4-2-10(15)3-5-11)13(18)12-8-9(14)6-7-17(12)19/h2-8H,1H3. The molecule has 2 rings (SSSR count). The lowest BCUT2D eigenvalue weighted by Gasteiger charge is -2.16. The van der Waals surface area contributed by atoms with Crippen molar-refractivity contribution in [2.45, 2.75) is 0 Å². The van der Waals surface area contributed by atoms with Crippen LogP contribution in [0.2, 0.25) is 0 Å². The minimum Gasteiger partial charge on any atom is -0.618 e. The molecule has 1 amide bonds. The lowest BCUT2D eigenvalue weighted by atomic mass is 10.2. The number of carbonyl (C=O) groups excluding carboxylic acids is 1. The lowest BCUT2D eigenvalue weighted by molar-refractivity contribution is -0.607. The van der Waals surface area contributed by atoms with E-state index in [9.17, 15) is 14.4 Å². The minimum absolute atomic E-state index is 0.0128. The molecular formula is C13H10BrFN2O2. The zero-order valence-corrected chi connectivity index (χ0v) is 11.6. The Morgan fingerprint density at radius 1 is 1.32 bits per heavy atom. The molecule has 6 heteroatoms. The zero-order chi connectivity index (χ0) is 14.0. The van der Waals surface area contributed by atoms with Crippen LogP contribution in [-0.4, -0.2) is 13.0 Å². The van der Waals surface area contributed by atoms with Gasteiger partial charge in [-0.15, -0.1) is 0 Å². The second-order valence-electron chi connectivity index (χ2n) is 3.90. The third kappa shape index (κ3) is 2.90. The van der Waals surface area contributed by atoms with Crippen LogP contribution in [0.15, 0.2) is 47.1 Å². The van der Waals surface area contributed by atoms with Gasteiger partial charge in [0.2, 0.25) is 0 Å². The zero-order valence-electron chi connectivity index (χ0n) is 10.0. The first-order valence-corrected chi connectivity index (χ1v) is 6.20. The molecule has 0 aliphatic heterocycles. The van der Waals surface area contributed by atoms with Crippen molar-refractivity contribution in [2.24, 2.45) is 0 Å². The monoisotopic (exact) mass is 324 g/mol. The van der Waals surface area contributed by atoms with Crippen LogP contribution < -0.4 is 9.63 Å². The summed E-state index contributed by atoms with van der Waals surface area (Å²) in [5, 5.41) is 11.6. The van der Waals surface area contributed by atoms with E-state index in [1.807, 2.05) is 0 Å². The van der Waals surface area contributed by atoms with Crippen molar-refractivity contribution < 1.29 is 13.9 Å². The molecule has 0 saturated heterocycles. The Balaban J connectivity index is 2.33. The first-order chi connectivity index (χ1) is 8.99. The number of amides is 1. The van der Waals surface area contributed by atoms with Gasteiger partial charge in [0.1, 0.15) is 5.82 Å². The normalized spacial score (nSPS) is 10.3. The SMILES string of the molecule is CN(C(=O)c1cc(Br)cc[n+]1[O-])c1ccc(F)cc1. The molecule has 0 spiro atoms. The third-order valence-electron chi connectivity index (χ3n) is 2.62. The van der Waals surface area contributed by atoms with Gasteiger partial charge in [-0.1, -0.05) is 15.9 Å². The van der Waals surface area contributed by atoms with E-state index in [2.05, 4.69) is 15.9 Å². The maximum absolute atomic E-state index is 12.8. The van der Waals surface area contributed by atoms with E-state index < -0.39 is 5.91 Å². The number of benzene rings is 1. The third-order valence-corrected chi connectivity index (χ3v) is 3.11. The maximum atomic E-state index is 12.8. The molecule has 0 radical (unpaired) electrons. The van der Waals surface area contributed by atoms with Gasteiger partial charge < -0.3 is 10.1 Å². The number of carbonyl (C=O) groups is 1. The summed E-state index contributed by atoms with van der Waals surface area (Å²) < 4.78 is 14.0. The molecule has 0 aliphatic carbocycles. The molecule has 19 heavy (non-hydrogen) atoms. The van der Waals surface area contributed by atoms with Crippen molar-refractivity contribution >= 4 is 27.5 Å². The van der Waals surface area contributed by atoms with E-state index in [-0.39, 0.29) is 11.5 Å². The predicted molar refractivity (Wildman–Crippen MR) is 72.2 cm³/mol. The van der Waals surface area contributed by atoms with E-state index in [1.165, 1.54) is 48.5 Å². The molecule has 0 unspecified atom stereocenters. The van der Waals surface area contributed by atoms with Gasteiger partial charge in [-0.2, -0.15) is 4.73 Å². The average molecular weight is 325 g/mol. The Hall–Kier alpha value is -1.95. The number of halogens is 2. The van der Waals surface area contributed by atoms with Crippen LogP contribution >= 0.6 is 15.9 Å². The molecule has 1 heterocycles. The van der Waals surface area contributed by atoms with Gasteiger partial charge in [0.05, 0.1) is 0 Å². The summed E-state index contributed by atoms with van der Waals surface area (Å²) in [6.45, 7) is 0. The van der Waals surface area contributed by atoms with Gasteiger partial charge in [0, 0.05) is 29.3 Å². The fraction of sp³-hybridized carbons (Fsp3) is 0.0769. The van der Waals surface area contributed by atoms with Gasteiger partial charge >= 0.3 is 5.91 Å². The van der Waals surface area contributed by atoms with Crippen molar-refractivity contribution in [1.82, 2.24) is 0 Å². The Bertz CT molecular complexity index is 617. The maximum Gasteiger partial charge on any atom is 0.324 e. The molecule has 1 aromatic carbocycles. The van der Waals surface area contributed by atoms with Crippen LogP contribution in [0.4, 0.5) is 10.1 Å². The van der Waals surface area contributed by atoms with E-state index in [0.29, 0.717) is 14.9 Å². The molecule has 2 aromatic rings. The number of hydrogen-bond acceptors (Lipinski definition) is 2.